The summed E-state index contributed by atoms with van der Waals surface area (Å²) in [7, 11) is 0. The number of nitrogens with zero attached hydrogens (tertiary/aromatic N) is 1. The van der Waals surface area contributed by atoms with Crippen molar-refractivity contribution in [3.8, 4) is 0 Å². The van der Waals surface area contributed by atoms with Gasteiger partial charge in [0, 0.05) is 10.0 Å². The van der Waals surface area contributed by atoms with E-state index in [2.05, 4.69) is 26.2 Å². The minimum absolute atomic E-state index is 0.198. The Labute approximate surface area is 113 Å². The van der Waals surface area contributed by atoms with Crippen LogP contribution in [-0.4, -0.2) is 10.9 Å². The lowest BCUT2D eigenvalue weighted by Gasteiger charge is -2.06. The Morgan fingerprint density at radius 3 is 2.72 bits per heavy atom. The van der Waals surface area contributed by atoms with Crippen molar-refractivity contribution in [1.82, 2.24) is 4.98 Å². The Balaban J connectivity index is 2.19. The fourth-order valence-electron chi connectivity index (χ4n) is 1.54. The van der Waals surface area contributed by atoms with Crippen molar-refractivity contribution in [1.29, 1.82) is 0 Å². The first kappa shape index (κ1) is 12.6. The number of amides is 1. The van der Waals surface area contributed by atoms with E-state index >= 15 is 0 Å². The van der Waals surface area contributed by atoms with Crippen molar-refractivity contribution < 1.29 is 4.79 Å². The summed E-state index contributed by atoms with van der Waals surface area (Å²) in [5.74, 6) is 0.281. The first-order chi connectivity index (χ1) is 8.54. The van der Waals surface area contributed by atoms with Gasteiger partial charge in [-0.2, -0.15) is 0 Å². The van der Waals surface area contributed by atoms with Gasteiger partial charge in [0.25, 0.3) is 5.91 Å². The minimum atomic E-state index is -0.198. The SMILES string of the molecule is Cc1cc(Br)cc(C(=O)Nc2ccc(N)cn2)c1. The maximum atomic E-state index is 12.0. The third-order valence-corrected chi connectivity index (χ3v) is 2.79. The summed E-state index contributed by atoms with van der Waals surface area (Å²) in [6, 6.07) is 8.88. The minimum Gasteiger partial charge on any atom is -0.397 e. The van der Waals surface area contributed by atoms with Crippen molar-refractivity contribution in [2.75, 3.05) is 11.1 Å². The Morgan fingerprint density at radius 2 is 2.11 bits per heavy atom. The molecule has 18 heavy (non-hydrogen) atoms. The Bertz CT molecular complexity index is 561. The van der Waals surface area contributed by atoms with Crippen molar-refractivity contribution in [2.45, 2.75) is 6.92 Å². The lowest BCUT2D eigenvalue weighted by Crippen LogP contribution is -2.13. The van der Waals surface area contributed by atoms with Crippen LogP contribution in [0.3, 0.4) is 0 Å². The highest BCUT2D eigenvalue weighted by molar-refractivity contribution is 9.10. The molecule has 0 aliphatic carbocycles. The van der Waals surface area contributed by atoms with E-state index in [0.29, 0.717) is 17.1 Å². The summed E-state index contributed by atoms with van der Waals surface area (Å²) in [4.78, 5) is 16.0. The van der Waals surface area contributed by atoms with Crippen molar-refractivity contribution in [2.24, 2.45) is 0 Å². The number of carbonyl (C=O) groups excluding carboxylic acids is 1. The number of anilines is 2. The van der Waals surface area contributed by atoms with Crippen LogP contribution in [0.1, 0.15) is 15.9 Å². The van der Waals surface area contributed by atoms with Crippen LogP contribution in [0.25, 0.3) is 0 Å². The summed E-state index contributed by atoms with van der Waals surface area (Å²) in [5, 5.41) is 2.71. The lowest BCUT2D eigenvalue weighted by molar-refractivity contribution is 0.102. The maximum Gasteiger partial charge on any atom is 0.256 e. The average Bonchev–Trinajstić information content (AvgIpc) is 2.31. The highest BCUT2D eigenvalue weighted by Crippen LogP contribution is 2.16. The average molecular weight is 306 g/mol. The van der Waals surface area contributed by atoms with Crippen molar-refractivity contribution >= 4 is 33.3 Å². The van der Waals surface area contributed by atoms with Crippen LogP contribution < -0.4 is 11.1 Å². The first-order valence-electron chi connectivity index (χ1n) is 5.34. The smallest absolute Gasteiger partial charge is 0.256 e. The molecule has 1 amide bonds. The maximum absolute atomic E-state index is 12.0. The largest absolute Gasteiger partial charge is 0.397 e. The quantitative estimate of drug-likeness (QED) is 0.896. The molecular formula is C13H12BrN3O. The molecule has 0 saturated carbocycles. The van der Waals surface area contributed by atoms with Gasteiger partial charge < -0.3 is 11.1 Å². The van der Waals surface area contributed by atoms with E-state index in [-0.39, 0.29) is 5.91 Å². The van der Waals surface area contributed by atoms with E-state index in [1.54, 1.807) is 18.2 Å². The van der Waals surface area contributed by atoms with Crippen LogP contribution >= 0.6 is 15.9 Å². The second kappa shape index (κ2) is 5.18. The third-order valence-electron chi connectivity index (χ3n) is 2.33. The number of pyridine rings is 1. The number of hydrogen-bond acceptors (Lipinski definition) is 3. The molecule has 0 fully saturated rings. The van der Waals surface area contributed by atoms with Crippen LogP contribution in [0.15, 0.2) is 41.0 Å². The van der Waals surface area contributed by atoms with Crippen molar-refractivity contribution in [3.63, 3.8) is 0 Å². The molecule has 0 bridgehead atoms. The zero-order chi connectivity index (χ0) is 13.1. The Morgan fingerprint density at radius 1 is 1.33 bits per heavy atom. The van der Waals surface area contributed by atoms with Crippen LogP contribution in [0.5, 0.6) is 0 Å². The second-order valence-corrected chi connectivity index (χ2v) is 4.86. The van der Waals surface area contributed by atoms with Gasteiger partial charge in [-0.25, -0.2) is 4.98 Å². The standard InChI is InChI=1S/C13H12BrN3O/c1-8-4-9(6-10(14)5-8)13(18)17-12-3-2-11(15)7-16-12/h2-7H,15H2,1H3,(H,16,17,18). The number of nitrogen functional groups attached to an aromatic ring is 1. The molecule has 92 valence electrons. The number of halogens is 1. The summed E-state index contributed by atoms with van der Waals surface area (Å²) in [5.41, 5.74) is 7.69. The Kier molecular flexibility index (Phi) is 3.62. The number of nitrogens with two attached hydrogens (primary N) is 1. The van der Waals surface area contributed by atoms with E-state index in [0.717, 1.165) is 10.0 Å². The van der Waals surface area contributed by atoms with E-state index in [4.69, 9.17) is 5.73 Å². The molecule has 2 aromatic rings. The molecule has 4 nitrogen and oxygen atoms in total. The highest BCUT2D eigenvalue weighted by Gasteiger charge is 2.08. The number of aromatic nitrogens is 1. The first-order valence-corrected chi connectivity index (χ1v) is 6.14. The molecule has 1 aromatic heterocycles. The van der Waals surface area contributed by atoms with Gasteiger partial charge in [-0.3, -0.25) is 4.79 Å². The second-order valence-electron chi connectivity index (χ2n) is 3.95. The molecule has 1 heterocycles. The molecule has 5 heteroatoms. The summed E-state index contributed by atoms with van der Waals surface area (Å²) < 4.78 is 0.873. The number of benzene rings is 1. The van der Waals surface area contributed by atoms with Crippen LogP contribution in [0.4, 0.5) is 11.5 Å². The molecule has 0 unspecified atom stereocenters. The number of rotatable bonds is 2. The van der Waals surface area contributed by atoms with Crippen LogP contribution in [0, 0.1) is 6.92 Å². The van der Waals surface area contributed by atoms with Gasteiger partial charge in [-0.05, 0) is 42.8 Å². The molecular weight excluding hydrogens is 294 g/mol. The molecule has 3 N–H and O–H groups in total. The van der Waals surface area contributed by atoms with Gasteiger partial charge in [0.15, 0.2) is 0 Å². The molecule has 0 saturated heterocycles. The van der Waals surface area contributed by atoms with Gasteiger partial charge in [-0.1, -0.05) is 15.9 Å². The van der Waals surface area contributed by atoms with E-state index in [9.17, 15) is 4.79 Å². The zero-order valence-corrected chi connectivity index (χ0v) is 11.4. The van der Waals surface area contributed by atoms with E-state index < -0.39 is 0 Å². The zero-order valence-electron chi connectivity index (χ0n) is 9.77. The highest BCUT2D eigenvalue weighted by atomic mass is 79.9. The third kappa shape index (κ3) is 3.07. The number of nitrogens with one attached hydrogen (secondary N) is 1. The van der Waals surface area contributed by atoms with Crippen LogP contribution in [0.2, 0.25) is 0 Å². The van der Waals surface area contributed by atoms with Gasteiger partial charge >= 0.3 is 0 Å². The molecule has 0 radical (unpaired) electrons. The van der Waals surface area contributed by atoms with E-state index in [1.165, 1.54) is 6.20 Å². The Hall–Kier alpha value is -1.88. The molecule has 0 aliphatic rings. The summed E-state index contributed by atoms with van der Waals surface area (Å²) in [6.45, 7) is 1.93. The predicted octanol–water partition coefficient (Wildman–Crippen LogP) is 2.99. The number of carbonyl (C=O) groups is 1. The molecule has 0 spiro atoms. The number of aryl methyl sites for hydroxylation is 1. The van der Waals surface area contributed by atoms with Crippen molar-refractivity contribution in [3.05, 3.63) is 52.1 Å². The molecule has 0 atom stereocenters. The predicted molar refractivity (Wildman–Crippen MR) is 75.5 cm³/mol. The molecule has 2 rings (SSSR count). The fourth-order valence-corrected chi connectivity index (χ4v) is 2.14. The van der Waals surface area contributed by atoms with Gasteiger partial charge in [0.05, 0.1) is 11.9 Å². The van der Waals surface area contributed by atoms with Gasteiger partial charge in [0.2, 0.25) is 0 Å². The molecule has 0 aliphatic heterocycles. The van der Waals surface area contributed by atoms with Gasteiger partial charge in [-0.15, -0.1) is 0 Å². The lowest BCUT2D eigenvalue weighted by atomic mass is 10.1. The van der Waals surface area contributed by atoms with Crippen LogP contribution in [-0.2, 0) is 0 Å². The normalized spacial score (nSPS) is 10.1. The monoisotopic (exact) mass is 305 g/mol. The van der Waals surface area contributed by atoms with Gasteiger partial charge in [0.1, 0.15) is 5.82 Å². The number of hydrogen-bond donors (Lipinski definition) is 2. The fraction of sp³-hybridized carbons (Fsp3) is 0.0769. The topological polar surface area (TPSA) is 68.0 Å². The molecule has 1 aromatic carbocycles. The summed E-state index contributed by atoms with van der Waals surface area (Å²) >= 11 is 3.36. The summed E-state index contributed by atoms with van der Waals surface area (Å²) in [6.07, 6.45) is 1.50. The van der Waals surface area contributed by atoms with E-state index in [1.807, 2.05) is 19.1 Å².